The van der Waals surface area contributed by atoms with Crippen LogP contribution in [0.2, 0.25) is 0 Å². The maximum Gasteiger partial charge on any atom is 0.416 e. The van der Waals surface area contributed by atoms with Gasteiger partial charge in [0.25, 0.3) is 5.56 Å². The van der Waals surface area contributed by atoms with Gasteiger partial charge >= 0.3 is 6.18 Å². The Morgan fingerprint density at radius 1 is 1.15 bits per heavy atom. The van der Waals surface area contributed by atoms with Crippen molar-refractivity contribution in [1.82, 2.24) is 9.66 Å². The van der Waals surface area contributed by atoms with E-state index in [2.05, 4.69) is 10.4 Å². The highest BCUT2D eigenvalue weighted by atomic mass is 19.4. The standard InChI is InChI=1S/C21H19F5N4O3/c1-29(5-6-33-2)20-27-17-10-13(21(24,25)26)3-4-16(17)19(32)30(20)28-18(31)9-12-7-14(22)11-15(23)8-12/h3-4,7-8,10-11H,5-6,9H2,1-2H3,(H,28,31). The van der Waals surface area contributed by atoms with E-state index in [-0.39, 0.29) is 35.6 Å². The third-order valence-corrected chi connectivity index (χ3v) is 4.67. The molecule has 7 nitrogen and oxygen atoms in total. The zero-order valence-electron chi connectivity index (χ0n) is 17.5. The quantitative estimate of drug-likeness (QED) is 0.538. The number of fused-ring (bicyclic) bond motifs is 1. The molecule has 0 saturated heterocycles. The topological polar surface area (TPSA) is 76.5 Å². The molecule has 3 rings (SSSR count). The molecule has 0 bridgehead atoms. The van der Waals surface area contributed by atoms with Gasteiger partial charge < -0.3 is 9.64 Å². The lowest BCUT2D eigenvalue weighted by Crippen LogP contribution is -2.39. The van der Waals surface area contributed by atoms with Crippen molar-refractivity contribution in [1.29, 1.82) is 0 Å². The summed E-state index contributed by atoms with van der Waals surface area (Å²) in [4.78, 5) is 31.1. The number of rotatable bonds is 7. The molecule has 0 aliphatic rings. The molecule has 1 heterocycles. The van der Waals surface area contributed by atoms with E-state index in [1.807, 2.05) is 0 Å². The van der Waals surface area contributed by atoms with Crippen molar-refractivity contribution in [2.24, 2.45) is 0 Å². The predicted molar refractivity (Wildman–Crippen MR) is 111 cm³/mol. The van der Waals surface area contributed by atoms with Gasteiger partial charge in [-0.15, -0.1) is 0 Å². The fraction of sp³-hybridized carbons (Fsp3) is 0.286. The molecule has 0 fully saturated rings. The highest BCUT2D eigenvalue weighted by molar-refractivity contribution is 5.87. The average molecular weight is 470 g/mol. The van der Waals surface area contributed by atoms with E-state index in [9.17, 15) is 31.5 Å². The van der Waals surface area contributed by atoms with Gasteiger partial charge in [0, 0.05) is 26.8 Å². The number of carbonyl (C=O) groups is 1. The van der Waals surface area contributed by atoms with Crippen molar-refractivity contribution in [3.05, 3.63) is 69.5 Å². The van der Waals surface area contributed by atoms with E-state index in [4.69, 9.17) is 4.74 Å². The first kappa shape index (κ1) is 24.1. The molecule has 0 spiro atoms. The zero-order valence-corrected chi connectivity index (χ0v) is 17.5. The number of aromatic nitrogens is 2. The molecule has 1 amide bonds. The Morgan fingerprint density at radius 3 is 2.42 bits per heavy atom. The third kappa shape index (κ3) is 5.64. The van der Waals surface area contributed by atoms with Gasteiger partial charge in [-0.05, 0) is 35.9 Å². The van der Waals surface area contributed by atoms with Crippen molar-refractivity contribution < 1.29 is 31.5 Å². The van der Waals surface area contributed by atoms with Gasteiger partial charge in [-0.3, -0.25) is 15.0 Å². The number of anilines is 1. The van der Waals surface area contributed by atoms with E-state index in [0.29, 0.717) is 6.07 Å². The number of halogens is 5. The van der Waals surface area contributed by atoms with E-state index < -0.39 is 41.3 Å². The molecular weight excluding hydrogens is 451 g/mol. The van der Waals surface area contributed by atoms with Crippen LogP contribution in [0.5, 0.6) is 0 Å². The van der Waals surface area contributed by atoms with Crippen molar-refractivity contribution in [2.45, 2.75) is 12.6 Å². The lowest BCUT2D eigenvalue weighted by molar-refractivity contribution is -0.137. The molecule has 0 aliphatic carbocycles. The maximum atomic E-state index is 13.4. The molecule has 2 aromatic carbocycles. The fourth-order valence-corrected chi connectivity index (χ4v) is 3.10. The maximum absolute atomic E-state index is 13.4. The highest BCUT2D eigenvalue weighted by Crippen LogP contribution is 2.30. The van der Waals surface area contributed by atoms with Crippen LogP contribution in [0.15, 0.2) is 41.2 Å². The number of benzene rings is 2. The summed E-state index contributed by atoms with van der Waals surface area (Å²) >= 11 is 0. The molecule has 0 aliphatic heterocycles. The number of hydrogen-bond donors (Lipinski definition) is 1. The van der Waals surface area contributed by atoms with E-state index in [1.165, 1.54) is 19.1 Å². The summed E-state index contributed by atoms with van der Waals surface area (Å²) in [5.41, 5.74) is 0.311. The van der Waals surface area contributed by atoms with Crippen molar-refractivity contribution in [3.63, 3.8) is 0 Å². The Bertz CT molecular complexity index is 1220. The summed E-state index contributed by atoms with van der Waals surface area (Å²) in [5, 5.41) is -0.163. The van der Waals surface area contributed by atoms with Crippen LogP contribution in [-0.4, -0.2) is 42.9 Å². The number of carbonyl (C=O) groups excluding carboxylic acids is 1. The third-order valence-electron chi connectivity index (χ3n) is 4.67. The van der Waals surface area contributed by atoms with Gasteiger partial charge in [0.1, 0.15) is 11.6 Å². The second-order valence-corrected chi connectivity index (χ2v) is 7.19. The number of alkyl halides is 3. The molecule has 1 aromatic heterocycles. The van der Waals surface area contributed by atoms with Gasteiger partial charge in [-0.25, -0.2) is 13.8 Å². The number of nitrogens with zero attached hydrogens (tertiary/aromatic N) is 3. The zero-order chi connectivity index (χ0) is 24.3. The molecule has 0 saturated carbocycles. The number of likely N-dealkylation sites (N-methyl/N-ethyl adjacent to an activating group) is 1. The molecule has 176 valence electrons. The van der Waals surface area contributed by atoms with Crippen LogP contribution in [0.25, 0.3) is 10.9 Å². The van der Waals surface area contributed by atoms with Crippen LogP contribution in [0.1, 0.15) is 11.1 Å². The fourth-order valence-electron chi connectivity index (χ4n) is 3.10. The Labute approximate surface area is 184 Å². The van der Waals surface area contributed by atoms with E-state index in [1.54, 1.807) is 0 Å². The average Bonchev–Trinajstić information content (AvgIpc) is 2.72. The Kier molecular flexibility index (Phi) is 6.96. The lowest BCUT2D eigenvalue weighted by Gasteiger charge is -2.22. The van der Waals surface area contributed by atoms with Crippen LogP contribution in [0.4, 0.5) is 27.9 Å². The van der Waals surface area contributed by atoms with Gasteiger partial charge in [0.05, 0.1) is 29.5 Å². The number of methoxy groups -OCH3 is 1. The second kappa shape index (κ2) is 9.53. The molecular formula is C21H19F5N4O3. The minimum Gasteiger partial charge on any atom is -0.383 e. The Morgan fingerprint density at radius 2 is 1.82 bits per heavy atom. The normalized spacial score (nSPS) is 11.6. The number of nitrogens with one attached hydrogen (secondary N) is 1. The minimum atomic E-state index is -4.64. The number of amides is 1. The first-order valence-corrected chi connectivity index (χ1v) is 9.58. The van der Waals surface area contributed by atoms with Crippen molar-refractivity contribution in [3.8, 4) is 0 Å². The SMILES string of the molecule is COCCN(C)c1nc2cc(C(F)(F)F)ccc2c(=O)n1NC(=O)Cc1cc(F)cc(F)c1. The summed E-state index contributed by atoms with van der Waals surface area (Å²) in [5.74, 6) is -2.69. The first-order chi connectivity index (χ1) is 15.5. The minimum absolute atomic E-state index is 0.0240. The monoisotopic (exact) mass is 470 g/mol. The van der Waals surface area contributed by atoms with E-state index >= 15 is 0 Å². The summed E-state index contributed by atoms with van der Waals surface area (Å²) < 4.78 is 71.9. The molecule has 0 unspecified atom stereocenters. The summed E-state index contributed by atoms with van der Waals surface area (Å²) in [6, 6.07) is 5.03. The summed E-state index contributed by atoms with van der Waals surface area (Å²) in [6.45, 7) is 0.391. The Balaban J connectivity index is 2.04. The van der Waals surface area contributed by atoms with Gasteiger partial charge in [-0.2, -0.15) is 17.8 Å². The van der Waals surface area contributed by atoms with Crippen LogP contribution in [0.3, 0.4) is 0 Å². The van der Waals surface area contributed by atoms with Crippen molar-refractivity contribution in [2.75, 3.05) is 37.6 Å². The largest absolute Gasteiger partial charge is 0.416 e. The van der Waals surface area contributed by atoms with Crippen LogP contribution in [-0.2, 0) is 22.1 Å². The van der Waals surface area contributed by atoms with Crippen molar-refractivity contribution >= 4 is 22.8 Å². The molecule has 1 N–H and O–H groups in total. The van der Waals surface area contributed by atoms with Crippen LogP contribution < -0.4 is 15.9 Å². The Hall–Kier alpha value is -3.54. The molecule has 12 heteroatoms. The number of hydrogen-bond acceptors (Lipinski definition) is 5. The van der Waals surface area contributed by atoms with E-state index in [0.717, 1.165) is 35.0 Å². The smallest absolute Gasteiger partial charge is 0.383 e. The molecule has 0 radical (unpaired) electrons. The molecule has 3 aromatic rings. The summed E-state index contributed by atoms with van der Waals surface area (Å²) in [6.07, 6.45) is -5.10. The molecule has 0 atom stereocenters. The lowest BCUT2D eigenvalue weighted by atomic mass is 10.1. The summed E-state index contributed by atoms with van der Waals surface area (Å²) in [7, 11) is 2.94. The second-order valence-electron chi connectivity index (χ2n) is 7.19. The van der Waals surface area contributed by atoms with Gasteiger partial charge in [0.15, 0.2) is 0 Å². The first-order valence-electron chi connectivity index (χ1n) is 9.58. The number of ether oxygens (including phenoxy) is 1. The van der Waals surface area contributed by atoms with Crippen LogP contribution >= 0.6 is 0 Å². The predicted octanol–water partition coefficient (Wildman–Crippen LogP) is 3.09. The van der Waals surface area contributed by atoms with Crippen LogP contribution in [0, 0.1) is 11.6 Å². The van der Waals surface area contributed by atoms with Gasteiger partial charge in [0.2, 0.25) is 11.9 Å². The molecule has 33 heavy (non-hydrogen) atoms. The van der Waals surface area contributed by atoms with Gasteiger partial charge in [-0.1, -0.05) is 0 Å². The highest BCUT2D eigenvalue weighted by Gasteiger charge is 2.31.